The molecule has 2 rings (SSSR count). The monoisotopic (exact) mass is 256 g/mol. The minimum Gasteiger partial charge on any atom is -0.452 e. The van der Waals surface area contributed by atoms with Gasteiger partial charge >= 0.3 is 0 Å². The van der Waals surface area contributed by atoms with Crippen molar-refractivity contribution in [1.82, 2.24) is 10.2 Å². The van der Waals surface area contributed by atoms with E-state index in [0.29, 0.717) is 24.2 Å². The molecule has 1 heterocycles. The molecule has 0 bridgehead atoms. The Balaban J connectivity index is 1.81. The molecule has 0 aromatic carbocycles. The Labute approximate surface area is 106 Å². The highest BCUT2D eigenvalue weighted by Crippen LogP contribution is 2.26. The molecule has 94 valence electrons. The molecular formula is C12H17ClN2O2. The van der Waals surface area contributed by atoms with Gasteiger partial charge in [-0.2, -0.15) is 0 Å². The number of hydrogen-bond acceptors (Lipinski definition) is 3. The van der Waals surface area contributed by atoms with E-state index in [1.54, 1.807) is 6.07 Å². The quantitative estimate of drug-likeness (QED) is 0.878. The minimum absolute atomic E-state index is 0.144. The number of halogens is 1. The van der Waals surface area contributed by atoms with E-state index in [1.807, 2.05) is 0 Å². The summed E-state index contributed by atoms with van der Waals surface area (Å²) in [6.45, 7) is 2.73. The second-order valence-corrected chi connectivity index (χ2v) is 4.91. The van der Waals surface area contributed by atoms with Crippen LogP contribution >= 0.6 is 11.6 Å². The second kappa shape index (κ2) is 5.10. The number of carbonyl (C=O) groups is 1. The highest BCUT2D eigenvalue weighted by Gasteiger charge is 2.29. The molecule has 0 spiro atoms. The zero-order chi connectivity index (χ0) is 12.4. The summed E-state index contributed by atoms with van der Waals surface area (Å²) in [4.78, 5) is 14.1. The Morgan fingerprint density at radius 1 is 1.71 bits per heavy atom. The third-order valence-corrected chi connectivity index (χ3v) is 3.53. The van der Waals surface area contributed by atoms with Crippen molar-refractivity contribution in [2.45, 2.75) is 31.8 Å². The number of amides is 1. The summed E-state index contributed by atoms with van der Waals surface area (Å²) in [5.74, 6) is -0.181. The Morgan fingerprint density at radius 3 is 2.94 bits per heavy atom. The first kappa shape index (κ1) is 12.5. The molecule has 1 unspecified atom stereocenters. The summed E-state index contributed by atoms with van der Waals surface area (Å²) in [5, 5.41) is 3.01. The molecule has 1 aliphatic carbocycles. The third kappa shape index (κ3) is 3.01. The average molecular weight is 257 g/mol. The summed E-state index contributed by atoms with van der Waals surface area (Å²) in [5.41, 5.74) is 0.396. The number of nitrogens with zero attached hydrogens (tertiary/aromatic N) is 1. The van der Waals surface area contributed by atoms with Crippen LogP contribution in [0.3, 0.4) is 0 Å². The molecule has 0 radical (unpaired) electrons. The van der Waals surface area contributed by atoms with E-state index in [1.165, 1.54) is 19.1 Å². The molecule has 1 N–H and O–H groups in total. The van der Waals surface area contributed by atoms with Gasteiger partial charge < -0.3 is 9.73 Å². The molecule has 0 saturated heterocycles. The van der Waals surface area contributed by atoms with Gasteiger partial charge in [0, 0.05) is 18.6 Å². The van der Waals surface area contributed by atoms with Crippen molar-refractivity contribution < 1.29 is 9.21 Å². The van der Waals surface area contributed by atoms with Crippen LogP contribution in [0, 0.1) is 0 Å². The molecule has 1 atom stereocenters. The fourth-order valence-corrected chi connectivity index (χ4v) is 1.98. The minimum atomic E-state index is -0.181. The first-order chi connectivity index (χ1) is 8.09. The second-order valence-electron chi connectivity index (χ2n) is 4.56. The zero-order valence-electron chi connectivity index (χ0n) is 10.1. The van der Waals surface area contributed by atoms with Crippen molar-refractivity contribution in [2.75, 3.05) is 13.6 Å². The molecule has 1 aromatic rings. The standard InChI is InChI=1S/C12H17ClN2O2/c1-8(15(2)9-3-4-9)7-14-12(16)10-5-6-17-11(10)13/h5-6,8-9H,3-4,7H2,1-2H3,(H,14,16). The summed E-state index contributed by atoms with van der Waals surface area (Å²) >= 11 is 5.74. The van der Waals surface area contributed by atoms with Gasteiger partial charge in [-0.05, 0) is 44.5 Å². The van der Waals surface area contributed by atoms with Gasteiger partial charge in [0.05, 0.1) is 11.8 Å². The number of carbonyl (C=O) groups excluding carboxylic acids is 1. The third-order valence-electron chi connectivity index (χ3n) is 3.24. The van der Waals surface area contributed by atoms with Gasteiger partial charge in [-0.15, -0.1) is 0 Å². The van der Waals surface area contributed by atoms with Gasteiger partial charge in [-0.25, -0.2) is 0 Å². The molecule has 4 nitrogen and oxygen atoms in total. The van der Waals surface area contributed by atoms with Crippen LogP contribution < -0.4 is 5.32 Å². The fourth-order valence-electron chi connectivity index (χ4n) is 1.78. The lowest BCUT2D eigenvalue weighted by Gasteiger charge is -2.24. The molecule has 5 heteroatoms. The normalized spacial score (nSPS) is 17.2. The largest absolute Gasteiger partial charge is 0.452 e. The lowest BCUT2D eigenvalue weighted by Crippen LogP contribution is -2.41. The van der Waals surface area contributed by atoms with Gasteiger partial charge in [-0.3, -0.25) is 9.69 Å². The van der Waals surface area contributed by atoms with Gasteiger partial charge in [0.2, 0.25) is 5.22 Å². The Kier molecular flexibility index (Phi) is 3.74. The summed E-state index contributed by atoms with van der Waals surface area (Å²) in [7, 11) is 2.10. The van der Waals surface area contributed by atoms with Crippen molar-refractivity contribution >= 4 is 17.5 Å². The predicted octanol–water partition coefficient (Wildman–Crippen LogP) is 2.15. The maximum atomic E-state index is 11.8. The summed E-state index contributed by atoms with van der Waals surface area (Å²) < 4.78 is 4.88. The lowest BCUT2D eigenvalue weighted by atomic mass is 10.2. The van der Waals surface area contributed by atoms with E-state index < -0.39 is 0 Å². The van der Waals surface area contributed by atoms with Crippen LogP contribution in [0.1, 0.15) is 30.1 Å². The van der Waals surface area contributed by atoms with Crippen LogP contribution in [0.15, 0.2) is 16.7 Å². The van der Waals surface area contributed by atoms with Crippen LogP contribution in [0.4, 0.5) is 0 Å². The Bertz CT molecular complexity index is 401. The molecule has 17 heavy (non-hydrogen) atoms. The number of likely N-dealkylation sites (N-methyl/N-ethyl adjacent to an activating group) is 1. The van der Waals surface area contributed by atoms with E-state index in [2.05, 4.69) is 24.2 Å². The first-order valence-corrected chi connectivity index (χ1v) is 6.20. The van der Waals surface area contributed by atoms with Gasteiger partial charge in [-0.1, -0.05) is 0 Å². The van der Waals surface area contributed by atoms with Crippen LogP contribution in [-0.2, 0) is 0 Å². The molecule has 1 fully saturated rings. The molecule has 1 amide bonds. The van der Waals surface area contributed by atoms with E-state index in [-0.39, 0.29) is 11.1 Å². The van der Waals surface area contributed by atoms with Gasteiger partial charge in [0.15, 0.2) is 0 Å². The van der Waals surface area contributed by atoms with Gasteiger partial charge in [0.25, 0.3) is 5.91 Å². The summed E-state index contributed by atoms with van der Waals surface area (Å²) in [6.07, 6.45) is 3.95. The van der Waals surface area contributed by atoms with Crippen molar-refractivity contribution in [1.29, 1.82) is 0 Å². The van der Waals surface area contributed by atoms with E-state index >= 15 is 0 Å². The number of nitrogens with one attached hydrogen (secondary N) is 1. The molecular weight excluding hydrogens is 240 g/mol. The molecule has 1 saturated carbocycles. The van der Waals surface area contributed by atoms with Gasteiger partial charge in [0.1, 0.15) is 0 Å². The van der Waals surface area contributed by atoms with E-state index in [9.17, 15) is 4.79 Å². The van der Waals surface area contributed by atoms with Crippen molar-refractivity contribution in [3.8, 4) is 0 Å². The van der Waals surface area contributed by atoms with Crippen molar-refractivity contribution in [2.24, 2.45) is 0 Å². The SMILES string of the molecule is CC(CNC(=O)c1ccoc1Cl)N(C)C1CC1. The van der Waals surface area contributed by atoms with Crippen LogP contribution in [0.25, 0.3) is 0 Å². The Hall–Kier alpha value is -1.00. The molecule has 0 aliphatic heterocycles. The fraction of sp³-hybridized carbons (Fsp3) is 0.583. The smallest absolute Gasteiger partial charge is 0.256 e. The number of hydrogen-bond donors (Lipinski definition) is 1. The molecule has 1 aromatic heterocycles. The maximum Gasteiger partial charge on any atom is 0.256 e. The molecule has 1 aliphatic rings. The van der Waals surface area contributed by atoms with E-state index in [0.717, 1.165) is 0 Å². The first-order valence-electron chi connectivity index (χ1n) is 5.82. The highest BCUT2D eigenvalue weighted by atomic mass is 35.5. The maximum absolute atomic E-state index is 11.8. The number of furan rings is 1. The van der Waals surface area contributed by atoms with Crippen molar-refractivity contribution in [3.05, 3.63) is 23.1 Å². The van der Waals surface area contributed by atoms with Crippen molar-refractivity contribution in [3.63, 3.8) is 0 Å². The topological polar surface area (TPSA) is 45.5 Å². The highest BCUT2D eigenvalue weighted by molar-refractivity contribution is 6.32. The van der Waals surface area contributed by atoms with E-state index in [4.69, 9.17) is 16.0 Å². The average Bonchev–Trinajstić information content (AvgIpc) is 3.07. The summed E-state index contributed by atoms with van der Waals surface area (Å²) in [6, 6.07) is 2.60. The number of rotatable bonds is 5. The Morgan fingerprint density at radius 2 is 2.41 bits per heavy atom. The zero-order valence-corrected chi connectivity index (χ0v) is 10.8. The van der Waals surface area contributed by atoms with Crippen LogP contribution in [0.5, 0.6) is 0 Å². The van der Waals surface area contributed by atoms with Crippen LogP contribution in [-0.4, -0.2) is 36.5 Å². The predicted molar refractivity (Wildman–Crippen MR) is 66.3 cm³/mol. The van der Waals surface area contributed by atoms with Crippen LogP contribution in [0.2, 0.25) is 5.22 Å². The lowest BCUT2D eigenvalue weighted by molar-refractivity contribution is 0.0939.